The van der Waals surface area contributed by atoms with Gasteiger partial charge in [0.1, 0.15) is 5.76 Å². The summed E-state index contributed by atoms with van der Waals surface area (Å²) in [5, 5.41) is 11.4. The number of Topliss-reactive ketones (excluding diaryl/α,β-unsaturated/α-hetero) is 3. The molecule has 1 unspecified atom stereocenters. The topological polar surface area (TPSA) is 118 Å². The highest BCUT2D eigenvalue weighted by atomic mass is 16.6. The molecule has 0 bridgehead atoms. The number of allylic oxidation sites excluding steroid dienone is 1. The Hall–Kier alpha value is -5.11. The first-order valence-corrected chi connectivity index (χ1v) is 11.4. The number of amides is 1. The maximum absolute atomic E-state index is 13.9. The van der Waals surface area contributed by atoms with Gasteiger partial charge in [-0.05, 0) is 19.1 Å². The summed E-state index contributed by atoms with van der Waals surface area (Å²) in [4.78, 5) is 69.1. The maximum Gasteiger partial charge on any atom is 0.348 e. The standard InChI is InChI=1S/C29H17NO7/c1-15-11-13-17(14-12-15)30-27(35)25(34)20(22(31)16-7-3-2-4-8-16)29(30)21-23(32)18-9-5-6-10-19(18)24(33)26(21)37-28(29)36/h2-14,31H,1H3/b22-20-. The molecule has 37 heavy (non-hydrogen) atoms. The van der Waals surface area contributed by atoms with E-state index >= 15 is 0 Å². The number of hydrogen-bond donors (Lipinski definition) is 1. The first-order valence-electron chi connectivity index (χ1n) is 11.4. The van der Waals surface area contributed by atoms with Crippen molar-refractivity contribution in [3.05, 3.63) is 118 Å². The van der Waals surface area contributed by atoms with Crippen molar-refractivity contribution in [1.29, 1.82) is 0 Å². The molecule has 3 aromatic rings. The predicted molar refractivity (Wildman–Crippen MR) is 131 cm³/mol. The smallest absolute Gasteiger partial charge is 0.348 e. The summed E-state index contributed by atoms with van der Waals surface area (Å²) in [6.45, 7) is 1.81. The molecule has 180 valence electrons. The number of benzene rings is 3. The minimum absolute atomic E-state index is 0.00173. The predicted octanol–water partition coefficient (Wildman–Crippen LogP) is 3.51. The number of nitrogens with zero attached hydrogens (tertiary/aromatic N) is 1. The Labute approximate surface area is 210 Å². The van der Waals surface area contributed by atoms with Crippen molar-refractivity contribution in [3.8, 4) is 0 Å². The van der Waals surface area contributed by atoms with Crippen LogP contribution in [0.4, 0.5) is 5.69 Å². The molecule has 1 fully saturated rings. The van der Waals surface area contributed by atoms with E-state index < -0.39 is 57.4 Å². The zero-order valence-corrected chi connectivity index (χ0v) is 19.3. The van der Waals surface area contributed by atoms with E-state index in [9.17, 15) is 29.1 Å². The monoisotopic (exact) mass is 491 g/mol. The molecule has 0 aromatic heterocycles. The van der Waals surface area contributed by atoms with Crippen molar-refractivity contribution in [2.45, 2.75) is 12.5 Å². The van der Waals surface area contributed by atoms with Gasteiger partial charge in [0.25, 0.3) is 5.78 Å². The molecule has 2 aliphatic heterocycles. The zero-order valence-electron chi connectivity index (χ0n) is 19.3. The van der Waals surface area contributed by atoms with Crippen LogP contribution in [0.3, 0.4) is 0 Å². The fraction of sp³-hybridized carbons (Fsp3) is 0.0690. The third kappa shape index (κ3) is 2.80. The molecule has 3 aliphatic rings. The number of aryl methyl sites for hydroxylation is 1. The molecule has 3 aromatic carbocycles. The summed E-state index contributed by atoms with van der Waals surface area (Å²) in [7, 11) is 0. The lowest BCUT2D eigenvalue weighted by molar-refractivity contribution is -0.140. The Bertz CT molecular complexity index is 1650. The molecule has 1 N–H and O–H groups in total. The highest BCUT2D eigenvalue weighted by molar-refractivity contribution is 6.56. The van der Waals surface area contributed by atoms with E-state index in [1.165, 1.54) is 36.4 Å². The Balaban J connectivity index is 1.73. The SMILES string of the molecule is Cc1ccc(N2C(=O)C(=O)/C(=C(/O)c3ccccc3)C23C(=O)OC2=C3C(=O)c3ccccc3C2=O)cc1. The van der Waals surface area contributed by atoms with E-state index in [0.717, 1.165) is 10.5 Å². The lowest BCUT2D eigenvalue weighted by Gasteiger charge is -2.34. The number of rotatable bonds is 2. The van der Waals surface area contributed by atoms with Crippen molar-refractivity contribution < 1.29 is 33.8 Å². The molecule has 1 aliphatic carbocycles. The number of carbonyl (C=O) groups excluding carboxylic acids is 5. The molecule has 0 radical (unpaired) electrons. The fourth-order valence-electron chi connectivity index (χ4n) is 5.14. The second-order valence-corrected chi connectivity index (χ2v) is 8.90. The molecule has 2 heterocycles. The van der Waals surface area contributed by atoms with Crippen molar-refractivity contribution in [2.24, 2.45) is 0 Å². The number of ether oxygens (including phenoxy) is 1. The Kier molecular flexibility index (Phi) is 4.65. The van der Waals surface area contributed by atoms with Gasteiger partial charge in [0, 0.05) is 22.4 Å². The Morgan fingerprint density at radius 1 is 0.757 bits per heavy atom. The van der Waals surface area contributed by atoms with Crippen LogP contribution in [0.25, 0.3) is 5.76 Å². The molecule has 1 amide bonds. The van der Waals surface area contributed by atoms with Crippen LogP contribution in [-0.2, 0) is 19.1 Å². The summed E-state index contributed by atoms with van der Waals surface area (Å²) in [6.07, 6.45) is 0. The summed E-state index contributed by atoms with van der Waals surface area (Å²) in [5.74, 6) is -6.26. The van der Waals surface area contributed by atoms with E-state index in [2.05, 4.69) is 0 Å². The van der Waals surface area contributed by atoms with Gasteiger partial charge in [0.05, 0.1) is 11.1 Å². The van der Waals surface area contributed by atoms with Gasteiger partial charge in [-0.1, -0.05) is 72.3 Å². The number of aliphatic hydroxyl groups is 1. The van der Waals surface area contributed by atoms with Crippen LogP contribution in [-0.4, -0.2) is 39.9 Å². The summed E-state index contributed by atoms with van der Waals surface area (Å²) >= 11 is 0. The number of carbonyl (C=O) groups is 5. The summed E-state index contributed by atoms with van der Waals surface area (Å²) < 4.78 is 5.41. The van der Waals surface area contributed by atoms with Gasteiger partial charge < -0.3 is 9.84 Å². The second-order valence-electron chi connectivity index (χ2n) is 8.90. The fourth-order valence-corrected chi connectivity index (χ4v) is 5.14. The second kappa shape index (κ2) is 7.69. The number of fused-ring (bicyclic) bond motifs is 2. The average Bonchev–Trinajstić information content (AvgIpc) is 3.34. The quantitative estimate of drug-likeness (QED) is 0.252. The van der Waals surface area contributed by atoms with Crippen LogP contribution in [0.2, 0.25) is 0 Å². The first-order chi connectivity index (χ1) is 17.8. The normalized spacial score (nSPS) is 22.0. The molecule has 8 heteroatoms. The molecule has 0 saturated carbocycles. The average molecular weight is 491 g/mol. The maximum atomic E-state index is 13.9. The van der Waals surface area contributed by atoms with Gasteiger partial charge in [0.2, 0.25) is 11.3 Å². The highest BCUT2D eigenvalue weighted by Gasteiger charge is 2.71. The Morgan fingerprint density at radius 2 is 1.35 bits per heavy atom. The van der Waals surface area contributed by atoms with Crippen LogP contribution in [0.15, 0.2) is 95.8 Å². The summed E-state index contributed by atoms with van der Waals surface area (Å²) in [5.41, 5.74) is -2.49. The van der Waals surface area contributed by atoms with Gasteiger partial charge in [-0.25, -0.2) is 4.79 Å². The van der Waals surface area contributed by atoms with E-state index in [1.54, 1.807) is 42.5 Å². The van der Waals surface area contributed by atoms with Crippen molar-refractivity contribution in [3.63, 3.8) is 0 Å². The van der Waals surface area contributed by atoms with E-state index in [0.29, 0.717) is 0 Å². The van der Waals surface area contributed by atoms with E-state index in [-0.39, 0.29) is 22.4 Å². The van der Waals surface area contributed by atoms with Crippen LogP contribution >= 0.6 is 0 Å². The Morgan fingerprint density at radius 3 is 2.00 bits per heavy atom. The number of hydrogen-bond acceptors (Lipinski definition) is 7. The molecule has 1 atom stereocenters. The van der Waals surface area contributed by atoms with Crippen molar-refractivity contribution in [2.75, 3.05) is 4.90 Å². The van der Waals surface area contributed by atoms with Crippen LogP contribution in [0.1, 0.15) is 31.8 Å². The van der Waals surface area contributed by atoms with Gasteiger partial charge in [-0.2, -0.15) is 0 Å². The third-order valence-electron chi connectivity index (χ3n) is 6.83. The largest absolute Gasteiger partial charge is 0.507 e. The van der Waals surface area contributed by atoms with Crippen molar-refractivity contribution in [1.82, 2.24) is 0 Å². The molecule has 8 nitrogen and oxygen atoms in total. The third-order valence-corrected chi connectivity index (χ3v) is 6.83. The van der Waals surface area contributed by atoms with Gasteiger partial charge in [-0.3, -0.25) is 24.1 Å². The van der Waals surface area contributed by atoms with Crippen LogP contribution < -0.4 is 4.90 Å². The number of ketones is 3. The molecular weight excluding hydrogens is 474 g/mol. The van der Waals surface area contributed by atoms with E-state index in [4.69, 9.17) is 4.74 Å². The highest BCUT2D eigenvalue weighted by Crippen LogP contribution is 2.52. The number of anilines is 1. The van der Waals surface area contributed by atoms with Crippen LogP contribution in [0.5, 0.6) is 0 Å². The summed E-state index contributed by atoms with van der Waals surface area (Å²) in [6, 6.07) is 20.2. The zero-order chi connectivity index (χ0) is 26.1. The lowest BCUT2D eigenvalue weighted by atomic mass is 9.74. The minimum atomic E-state index is -2.50. The first kappa shape index (κ1) is 22.4. The number of aliphatic hydroxyl groups excluding tert-OH is 1. The van der Waals surface area contributed by atoms with Crippen LogP contribution in [0, 0.1) is 6.92 Å². The number of esters is 1. The molecule has 1 saturated heterocycles. The minimum Gasteiger partial charge on any atom is -0.507 e. The molecular formula is C29H17NO7. The van der Waals surface area contributed by atoms with Gasteiger partial charge in [0.15, 0.2) is 11.5 Å². The van der Waals surface area contributed by atoms with Gasteiger partial charge in [-0.15, -0.1) is 0 Å². The molecule has 1 spiro atoms. The lowest BCUT2D eigenvalue weighted by Crippen LogP contribution is -2.54. The molecule has 6 rings (SSSR count). The van der Waals surface area contributed by atoms with Gasteiger partial charge >= 0.3 is 11.9 Å². The van der Waals surface area contributed by atoms with E-state index in [1.807, 2.05) is 6.92 Å². The van der Waals surface area contributed by atoms with Crippen molar-refractivity contribution >= 4 is 40.7 Å².